The van der Waals surface area contributed by atoms with Crippen molar-refractivity contribution in [1.82, 2.24) is 20.2 Å². The second-order valence-corrected chi connectivity index (χ2v) is 4.34. The third kappa shape index (κ3) is 1.49. The molecule has 16 heavy (non-hydrogen) atoms. The molecule has 2 N–H and O–H groups in total. The maximum absolute atomic E-state index is 6.11. The minimum absolute atomic E-state index is 0.0751. The smallest absolute Gasteiger partial charge is 0.204 e. The van der Waals surface area contributed by atoms with Crippen molar-refractivity contribution in [2.75, 3.05) is 0 Å². The number of hydrogen-bond acceptors (Lipinski definition) is 4. The maximum Gasteiger partial charge on any atom is 0.204 e. The van der Waals surface area contributed by atoms with E-state index in [1.54, 1.807) is 7.05 Å². The summed E-state index contributed by atoms with van der Waals surface area (Å²) in [6, 6.07) is 8.11. The molecule has 0 bridgehead atoms. The van der Waals surface area contributed by atoms with Crippen LogP contribution >= 0.6 is 0 Å². The molecule has 1 aliphatic rings. The highest BCUT2D eigenvalue weighted by Gasteiger charge is 2.39. The van der Waals surface area contributed by atoms with Gasteiger partial charge in [-0.3, -0.25) is 0 Å². The quantitative estimate of drug-likeness (QED) is 0.805. The summed E-state index contributed by atoms with van der Waals surface area (Å²) in [5.41, 5.74) is 8.21. The molecule has 1 heterocycles. The van der Waals surface area contributed by atoms with E-state index in [0.29, 0.717) is 5.82 Å². The van der Waals surface area contributed by atoms with Gasteiger partial charge in [0.05, 0.1) is 7.05 Å². The van der Waals surface area contributed by atoms with Crippen molar-refractivity contribution >= 4 is 0 Å². The summed E-state index contributed by atoms with van der Waals surface area (Å²) in [6.07, 6.45) is 2.16. The second kappa shape index (κ2) is 3.12. The van der Waals surface area contributed by atoms with Gasteiger partial charge in [-0.2, -0.15) is 4.80 Å². The third-order valence-corrected chi connectivity index (χ3v) is 3.02. The van der Waals surface area contributed by atoms with Crippen molar-refractivity contribution in [3.8, 4) is 11.4 Å². The van der Waals surface area contributed by atoms with Crippen molar-refractivity contribution < 1.29 is 0 Å². The van der Waals surface area contributed by atoms with Crippen molar-refractivity contribution in [2.45, 2.75) is 18.4 Å². The lowest BCUT2D eigenvalue weighted by atomic mass is 10.0. The molecule has 0 atom stereocenters. The molecule has 2 aromatic rings. The molecule has 0 unspecified atom stereocenters. The van der Waals surface area contributed by atoms with Crippen LogP contribution < -0.4 is 5.73 Å². The van der Waals surface area contributed by atoms with Crippen LogP contribution in [0, 0.1) is 0 Å². The van der Waals surface area contributed by atoms with Crippen LogP contribution in [0.2, 0.25) is 0 Å². The molecule has 1 aromatic carbocycles. The van der Waals surface area contributed by atoms with E-state index in [4.69, 9.17) is 5.73 Å². The summed E-state index contributed by atoms with van der Waals surface area (Å²) in [6.45, 7) is 0. The van der Waals surface area contributed by atoms with Crippen molar-refractivity contribution in [3.63, 3.8) is 0 Å². The summed E-state index contributed by atoms with van der Waals surface area (Å²) in [4.78, 5) is 1.45. The fraction of sp³-hybridized carbons (Fsp3) is 0.364. The number of aromatic nitrogens is 4. The Hall–Kier alpha value is -1.75. The molecular weight excluding hydrogens is 202 g/mol. The van der Waals surface area contributed by atoms with Gasteiger partial charge in [-0.05, 0) is 23.6 Å². The summed E-state index contributed by atoms with van der Waals surface area (Å²) < 4.78 is 0. The molecule has 1 fully saturated rings. The zero-order valence-electron chi connectivity index (χ0n) is 9.09. The van der Waals surface area contributed by atoms with Gasteiger partial charge in [0.1, 0.15) is 0 Å². The Bertz CT molecular complexity index is 509. The van der Waals surface area contributed by atoms with Crippen molar-refractivity contribution in [1.29, 1.82) is 0 Å². The van der Waals surface area contributed by atoms with Gasteiger partial charge in [-0.15, -0.1) is 10.2 Å². The van der Waals surface area contributed by atoms with Crippen LogP contribution in [0.15, 0.2) is 24.3 Å². The standard InChI is InChI=1S/C11H13N5/c1-16-14-10(13-15-16)8-2-4-9(5-3-8)11(12)6-7-11/h2-5H,6-7,12H2,1H3. The fourth-order valence-electron chi connectivity index (χ4n) is 1.77. The van der Waals surface area contributed by atoms with Crippen LogP contribution in [0.4, 0.5) is 0 Å². The highest BCUT2D eigenvalue weighted by Crippen LogP contribution is 2.42. The topological polar surface area (TPSA) is 69.6 Å². The average Bonchev–Trinajstić information content (AvgIpc) is 2.89. The van der Waals surface area contributed by atoms with Crippen LogP contribution in [0.3, 0.4) is 0 Å². The Morgan fingerprint density at radius 1 is 1.25 bits per heavy atom. The van der Waals surface area contributed by atoms with Gasteiger partial charge < -0.3 is 5.73 Å². The Kier molecular flexibility index (Phi) is 1.85. The van der Waals surface area contributed by atoms with E-state index in [1.807, 2.05) is 12.1 Å². The fourth-order valence-corrected chi connectivity index (χ4v) is 1.77. The summed E-state index contributed by atoms with van der Waals surface area (Å²) in [5.74, 6) is 0.649. The molecule has 0 radical (unpaired) electrons. The third-order valence-electron chi connectivity index (χ3n) is 3.02. The summed E-state index contributed by atoms with van der Waals surface area (Å²) >= 11 is 0. The van der Waals surface area contributed by atoms with E-state index in [1.165, 1.54) is 10.4 Å². The number of rotatable bonds is 2. The molecule has 1 aliphatic carbocycles. The second-order valence-electron chi connectivity index (χ2n) is 4.34. The van der Waals surface area contributed by atoms with E-state index >= 15 is 0 Å². The average molecular weight is 215 g/mol. The molecule has 0 saturated heterocycles. The predicted molar refractivity (Wildman–Crippen MR) is 59.3 cm³/mol. The number of aryl methyl sites for hydroxylation is 1. The van der Waals surface area contributed by atoms with E-state index in [9.17, 15) is 0 Å². The molecule has 1 saturated carbocycles. The Morgan fingerprint density at radius 3 is 2.44 bits per heavy atom. The van der Waals surface area contributed by atoms with Crippen LogP contribution in [-0.2, 0) is 12.6 Å². The molecular formula is C11H13N5. The lowest BCUT2D eigenvalue weighted by Crippen LogP contribution is -2.18. The van der Waals surface area contributed by atoms with Crippen LogP contribution in [-0.4, -0.2) is 20.2 Å². The first kappa shape index (κ1) is 9.47. The van der Waals surface area contributed by atoms with E-state index < -0.39 is 0 Å². The first-order valence-electron chi connectivity index (χ1n) is 5.31. The van der Waals surface area contributed by atoms with Gasteiger partial charge in [0.25, 0.3) is 0 Å². The zero-order valence-corrected chi connectivity index (χ0v) is 9.09. The number of nitrogens with zero attached hydrogens (tertiary/aromatic N) is 4. The normalized spacial score (nSPS) is 17.4. The SMILES string of the molecule is Cn1nnc(-c2ccc(C3(N)CC3)cc2)n1. The number of benzene rings is 1. The van der Waals surface area contributed by atoms with E-state index in [0.717, 1.165) is 18.4 Å². The number of hydrogen-bond donors (Lipinski definition) is 1. The highest BCUT2D eigenvalue weighted by molar-refractivity contribution is 5.55. The molecule has 0 aliphatic heterocycles. The highest BCUT2D eigenvalue weighted by atomic mass is 15.6. The molecule has 1 aromatic heterocycles. The number of nitrogens with two attached hydrogens (primary N) is 1. The summed E-state index contributed by atoms with van der Waals surface area (Å²) in [7, 11) is 1.75. The van der Waals surface area contributed by atoms with Gasteiger partial charge in [0.2, 0.25) is 5.82 Å². The monoisotopic (exact) mass is 215 g/mol. The Balaban J connectivity index is 1.93. The van der Waals surface area contributed by atoms with Crippen LogP contribution in [0.25, 0.3) is 11.4 Å². The van der Waals surface area contributed by atoms with E-state index in [2.05, 4.69) is 27.5 Å². The van der Waals surface area contributed by atoms with Gasteiger partial charge in [-0.1, -0.05) is 24.3 Å². The van der Waals surface area contributed by atoms with Crippen molar-refractivity contribution in [3.05, 3.63) is 29.8 Å². The van der Waals surface area contributed by atoms with E-state index in [-0.39, 0.29) is 5.54 Å². The van der Waals surface area contributed by atoms with Crippen LogP contribution in [0.1, 0.15) is 18.4 Å². The Labute approximate surface area is 93.3 Å². The predicted octanol–water partition coefficient (Wildman–Crippen LogP) is 0.825. The summed E-state index contributed by atoms with van der Waals surface area (Å²) in [5, 5.41) is 11.9. The molecule has 5 nitrogen and oxygen atoms in total. The van der Waals surface area contributed by atoms with Gasteiger partial charge in [-0.25, -0.2) is 0 Å². The zero-order chi connectivity index (χ0) is 11.2. The molecule has 0 spiro atoms. The van der Waals surface area contributed by atoms with Gasteiger partial charge in [0, 0.05) is 11.1 Å². The van der Waals surface area contributed by atoms with Gasteiger partial charge in [0.15, 0.2) is 0 Å². The van der Waals surface area contributed by atoms with Gasteiger partial charge >= 0.3 is 0 Å². The first-order valence-corrected chi connectivity index (χ1v) is 5.31. The lowest BCUT2D eigenvalue weighted by Gasteiger charge is -2.08. The minimum atomic E-state index is -0.0751. The lowest BCUT2D eigenvalue weighted by molar-refractivity contribution is 0.630. The minimum Gasteiger partial charge on any atom is -0.321 e. The Morgan fingerprint density at radius 2 is 1.94 bits per heavy atom. The molecule has 3 rings (SSSR count). The largest absolute Gasteiger partial charge is 0.321 e. The maximum atomic E-state index is 6.11. The van der Waals surface area contributed by atoms with Crippen LogP contribution in [0.5, 0.6) is 0 Å². The molecule has 82 valence electrons. The number of tetrazole rings is 1. The molecule has 0 amide bonds. The van der Waals surface area contributed by atoms with Crippen molar-refractivity contribution in [2.24, 2.45) is 12.8 Å². The first-order chi connectivity index (χ1) is 7.67. The molecule has 5 heteroatoms.